The number of aryl methyl sites for hydroxylation is 1. The average molecular weight is 279 g/mol. The van der Waals surface area contributed by atoms with Crippen molar-refractivity contribution in [1.29, 1.82) is 0 Å². The van der Waals surface area contributed by atoms with Crippen molar-refractivity contribution in [2.75, 3.05) is 6.61 Å². The van der Waals surface area contributed by atoms with Gasteiger partial charge in [-0.05, 0) is 36.5 Å². The van der Waals surface area contributed by atoms with Crippen LogP contribution < -0.4 is 5.32 Å². The maximum atomic E-state index is 13.3. The van der Waals surface area contributed by atoms with E-state index < -0.39 is 0 Å². The molecule has 0 spiro atoms. The molecule has 4 nitrogen and oxygen atoms in total. The molecule has 0 aliphatic heterocycles. The van der Waals surface area contributed by atoms with Crippen LogP contribution in [0.5, 0.6) is 0 Å². The second-order valence-electron chi connectivity index (χ2n) is 5.29. The van der Waals surface area contributed by atoms with Crippen LogP contribution in [0.15, 0.2) is 18.2 Å². The molecule has 1 aromatic carbocycles. The third-order valence-corrected chi connectivity index (χ3v) is 3.48. The lowest BCUT2D eigenvalue weighted by molar-refractivity contribution is -0.150. The monoisotopic (exact) mass is 279 g/mol. The largest absolute Gasteiger partial charge is 0.455 e. The zero-order valence-corrected chi connectivity index (χ0v) is 11.6. The van der Waals surface area contributed by atoms with Gasteiger partial charge in [-0.2, -0.15) is 0 Å². The van der Waals surface area contributed by atoms with Crippen LogP contribution in [0.4, 0.5) is 4.39 Å². The zero-order valence-electron chi connectivity index (χ0n) is 11.6. The number of carbonyl (C=O) groups is 2. The summed E-state index contributed by atoms with van der Waals surface area (Å²) in [4.78, 5) is 22.9. The number of benzene rings is 1. The second-order valence-corrected chi connectivity index (χ2v) is 5.29. The number of hydrogen-bond donors (Lipinski definition) is 1. The molecular weight excluding hydrogens is 261 g/mol. The van der Waals surface area contributed by atoms with Gasteiger partial charge in [-0.1, -0.05) is 19.1 Å². The topological polar surface area (TPSA) is 55.4 Å². The van der Waals surface area contributed by atoms with E-state index in [-0.39, 0.29) is 36.8 Å². The van der Waals surface area contributed by atoms with E-state index in [2.05, 4.69) is 5.32 Å². The Morgan fingerprint density at radius 3 is 2.75 bits per heavy atom. The standard InChI is InChI=1S/C15H18FNO3/c1-9-3-4-11(6-13(9)16)7-17-14(18)8-20-15(19)12-5-10(12)2/h3-4,6,10,12H,5,7-8H2,1-2H3,(H,17,18)/t10-,12-/m1/s1. The number of amides is 1. The smallest absolute Gasteiger partial charge is 0.309 e. The van der Waals surface area contributed by atoms with Gasteiger partial charge in [-0.25, -0.2) is 4.39 Å². The number of rotatable bonds is 5. The van der Waals surface area contributed by atoms with Crippen molar-refractivity contribution in [1.82, 2.24) is 5.32 Å². The molecule has 0 heterocycles. The molecule has 0 aromatic heterocycles. The molecule has 0 unspecified atom stereocenters. The van der Waals surface area contributed by atoms with Gasteiger partial charge in [0.2, 0.25) is 0 Å². The highest BCUT2D eigenvalue weighted by molar-refractivity contribution is 5.82. The summed E-state index contributed by atoms with van der Waals surface area (Å²) in [6.45, 7) is 3.58. The van der Waals surface area contributed by atoms with Gasteiger partial charge >= 0.3 is 5.97 Å². The van der Waals surface area contributed by atoms with E-state index in [4.69, 9.17) is 4.74 Å². The van der Waals surface area contributed by atoms with E-state index in [9.17, 15) is 14.0 Å². The molecule has 108 valence electrons. The Morgan fingerprint density at radius 1 is 1.45 bits per heavy atom. The lowest BCUT2D eigenvalue weighted by Gasteiger charge is -2.07. The molecule has 1 aliphatic carbocycles. The molecule has 1 saturated carbocycles. The van der Waals surface area contributed by atoms with Crippen molar-refractivity contribution in [3.63, 3.8) is 0 Å². The van der Waals surface area contributed by atoms with E-state index >= 15 is 0 Å². The molecule has 0 radical (unpaired) electrons. The maximum absolute atomic E-state index is 13.3. The SMILES string of the molecule is Cc1ccc(CNC(=O)COC(=O)[C@@H]2C[C@H]2C)cc1F. The minimum absolute atomic E-state index is 0.0472. The quantitative estimate of drug-likeness (QED) is 0.838. The van der Waals surface area contributed by atoms with Crippen LogP contribution >= 0.6 is 0 Å². The fraction of sp³-hybridized carbons (Fsp3) is 0.467. The van der Waals surface area contributed by atoms with E-state index in [1.807, 2.05) is 6.92 Å². The van der Waals surface area contributed by atoms with Crippen LogP contribution in [0.3, 0.4) is 0 Å². The Balaban J connectivity index is 1.72. The molecule has 1 amide bonds. The molecule has 5 heteroatoms. The van der Waals surface area contributed by atoms with Gasteiger partial charge in [0.25, 0.3) is 5.91 Å². The van der Waals surface area contributed by atoms with E-state index in [1.165, 1.54) is 6.07 Å². The molecular formula is C15H18FNO3. The number of halogens is 1. The highest BCUT2D eigenvalue weighted by Gasteiger charge is 2.40. The second kappa shape index (κ2) is 6.03. The lowest BCUT2D eigenvalue weighted by atomic mass is 10.1. The third kappa shape index (κ3) is 3.79. The number of carbonyl (C=O) groups excluding carboxylic acids is 2. The Labute approximate surface area is 117 Å². The number of ether oxygens (including phenoxy) is 1. The lowest BCUT2D eigenvalue weighted by Crippen LogP contribution is -2.28. The summed E-state index contributed by atoms with van der Waals surface area (Å²) in [6.07, 6.45) is 0.836. The Kier molecular flexibility index (Phi) is 4.37. The van der Waals surface area contributed by atoms with Gasteiger partial charge in [-0.3, -0.25) is 9.59 Å². The number of hydrogen-bond acceptors (Lipinski definition) is 3. The van der Waals surface area contributed by atoms with Crippen LogP contribution in [0.1, 0.15) is 24.5 Å². The van der Waals surface area contributed by atoms with Crippen molar-refractivity contribution >= 4 is 11.9 Å². The van der Waals surface area contributed by atoms with Gasteiger partial charge in [0.15, 0.2) is 6.61 Å². The molecule has 2 atom stereocenters. The summed E-state index contributed by atoms with van der Waals surface area (Å²) >= 11 is 0. The minimum atomic E-state index is -0.382. The van der Waals surface area contributed by atoms with Crippen molar-refractivity contribution in [3.05, 3.63) is 35.1 Å². The molecule has 1 aromatic rings. The molecule has 1 aliphatic rings. The Morgan fingerprint density at radius 2 is 2.15 bits per heavy atom. The molecule has 1 fully saturated rings. The predicted octanol–water partition coefficient (Wildman–Crippen LogP) is 1.95. The normalized spacial score (nSPS) is 20.4. The molecule has 2 rings (SSSR count). The summed E-state index contributed by atoms with van der Waals surface area (Å²) in [6, 6.07) is 4.79. The van der Waals surface area contributed by atoms with Crippen molar-refractivity contribution in [2.24, 2.45) is 11.8 Å². The van der Waals surface area contributed by atoms with Crippen LogP contribution in [0.2, 0.25) is 0 Å². The van der Waals surface area contributed by atoms with Gasteiger partial charge < -0.3 is 10.1 Å². The van der Waals surface area contributed by atoms with Gasteiger partial charge in [0, 0.05) is 6.54 Å². The van der Waals surface area contributed by atoms with E-state index in [0.717, 1.165) is 6.42 Å². The first kappa shape index (κ1) is 14.5. The number of esters is 1. The molecule has 0 bridgehead atoms. The number of nitrogens with one attached hydrogen (secondary N) is 1. The Bertz CT molecular complexity index is 530. The summed E-state index contributed by atoms with van der Waals surface area (Å²) < 4.78 is 18.2. The van der Waals surface area contributed by atoms with Gasteiger partial charge in [0.1, 0.15) is 5.82 Å². The van der Waals surface area contributed by atoms with Crippen molar-refractivity contribution in [2.45, 2.75) is 26.8 Å². The predicted molar refractivity (Wildman–Crippen MR) is 71.2 cm³/mol. The molecule has 0 saturated heterocycles. The summed E-state index contributed by atoms with van der Waals surface area (Å²) in [7, 11) is 0. The maximum Gasteiger partial charge on any atom is 0.309 e. The molecule has 1 N–H and O–H groups in total. The van der Waals surface area contributed by atoms with Crippen molar-refractivity contribution < 1.29 is 18.7 Å². The minimum Gasteiger partial charge on any atom is -0.455 e. The first-order valence-corrected chi connectivity index (χ1v) is 6.65. The van der Waals surface area contributed by atoms with E-state index in [0.29, 0.717) is 17.0 Å². The van der Waals surface area contributed by atoms with Crippen LogP contribution in [-0.2, 0) is 20.9 Å². The summed E-state index contributed by atoms with van der Waals surface area (Å²) in [5.74, 6) is -0.678. The average Bonchev–Trinajstić information content (AvgIpc) is 3.14. The fourth-order valence-electron chi connectivity index (χ4n) is 1.89. The van der Waals surface area contributed by atoms with Gasteiger partial charge in [0.05, 0.1) is 5.92 Å². The van der Waals surface area contributed by atoms with E-state index in [1.54, 1.807) is 19.1 Å². The molecule has 20 heavy (non-hydrogen) atoms. The third-order valence-electron chi connectivity index (χ3n) is 3.48. The van der Waals surface area contributed by atoms with Crippen LogP contribution in [-0.4, -0.2) is 18.5 Å². The van der Waals surface area contributed by atoms with Gasteiger partial charge in [-0.15, -0.1) is 0 Å². The highest BCUT2D eigenvalue weighted by atomic mass is 19.1. The summed E-state index contributed by atoms with van der Waals surface area (Å²) in [5.41, 5.74) is 1.23. The van der Waals surface area contributed by atoms with Crippen molar-refractivity contribution in [3.8, 4) is 0 Å². The highest BCUT2D eigenvalue weighted by Crippen LogP contribution is 2.38. The Hall–Kier alpha value is -1.91. The van der Waals surface area contributed by atoms with Crippen LogP contribution in [0, 0.1) is 24.6 Å². The fourth-order valence-corrected chi connectivity index (χ4v) is 1.89. The summed E-state index contributed by atoms with van der Waals surface area (Å²) in [5, 5.41) is 2.59. The first-order valence-electron chi connectivity index (χ1n) is 6.65. The van der Waals surface area contributed by atoms with Crippen LogP contribution in [0.25, 0.3) is 0 Å². The zero-order chi connectivity index (χ0) is 14.7. The first-order chi connectivity index (χ1) is 9.47.